The summed E-state index contributed by atoms with van der Waals surface area (Å²) >= 11 is 1.47. The molecule has 0 saturated carbocycles. The molecule has 0 spiro atoms. The van der Waals surface area contributed by atoms with Crippen LogP contribution >= 0.6 is 11.3 Å². The van der Waals surface area contributed by atoms with Crippen LogP contribution in [-0.2, 0) is 6.42 Å². The Morgan fingerprint density at radius 2 is 2.10 bits per heavy atom. The first kappa shape index (κ1) is 17.8. The van der Waals surface area contributed by atoms with E-state index in [9.17, 15) is 9.18 Å². The highest BCUT2D eigenvalue weighted by Crippen LogP contribution is 2.36. The molecule has 4 nitrogen and oxygen atoms in total. The van der Waals surface area contributed by atoms with Crippen LogP contribution in [0.4, 0.5) is 4.39 Å². The minimum atomic E-state index is -0.391. The number of amides is 1. The van der Waals surface area contributed by atoms with E-state index in [-0.39, 0.29) is 17.8 Å². The number of ether oxygens (including phenoxy) is 1. The van der Waals surface area contributed by atoms with Gasteiger partial charge in [0.05, 0.1) is 12.1 Å². The maximum absolute atomic E-state index is 14.7. The molecule has 144 valence electrons. The number of carbonyl (C=O) groups excluding carboxylic acids is 1. The van der Waals surface area contributed by atoms with Crippen LogP contribution < -0.4 is 10.1 Å². The van der Waals surface area contributed by atoms with E-state index in [1.54, 1.807) is 17.6 Å². The van der Waals surface area contributed by atoms with Crippen LogP contribution in [0, 0.1) is 5.82 Å². The van der Waals surface area contributed by atoms with Crippen molar-refractivity contribution in [3.63, 3.8) is 0 Å². The number of nitrogens with one attached hydrogen (secondary N) is 1. The number of carbonyl (C=O) groups is 1. The lowest BCUT2D eigenvalue weighted by molar-refractivity contribution is 0.0933. The van der Waals surface area contributed by atoms with Crippen LogP contribution in [0.5, 0.6) is 5.75 Å². The number of para-hydroxylation sites is 1. The van der Waals surface area contributed by atoms with E-state index in [1.165, 1.54) is 17.4 Å². The average molecular weight is 404 g/mol. The van der Waals surface area contributed by atoms with Crippen molar-refractivity contribution in [2.24, 2.45) is 0 Å². The van der Waals surface area contributed by atoms with Crippen molar-refractivity contribution in [1.29, 1.82) is 0 Å². The lowest BCUT2D eigenvalue weighted by atomic mass is 10.0. The van der Waals surface area contributed by atoms with Crippen LogP contribution in [-0.4, -0.2) is 23.5 Å². The second-order valence-electron chi connectivity index (χ2n) is 7.03. The predicted molar refractivity (Wildman–Crippen MR) is 112 cm³/mol. The molecule has 5 rings (SSSR count). The van der Waals surface area contributed by atoms with Gasteiger partial charge in [-0.2, -0.15) is 11.3 Å². The number of rotatable bonds is 4. The van der Waals surface area contributed by atoms with Gasteiger partial charge < -0.3 is 10.1 Å². The fourth-order valence-corrected chi connectivity index (χ4v) is 4.24. The second kappa shape index (κ2) is 7.29. The van der Waals surface area contributed by atoms with Crippen LogP contribution in [0.25, 0.3) is 22.0 Å². The molecule has 2 aromatic heterocycles. The van der Waals surface area contributed by atoms with Crippen LogP contribution in [0.2, 0.25) is 0 Å². The van der Waals surface area contributed by atoms with E-state index >= 15 is 0 Å². The minimum absolute atomic E-state index is 0.144. The summed E-state index contributed by atoms with van der Waals surface area (Å²) in [5.74, 6) is -0.260. The molecule has 1 unspecified atom stereocenters. The highest BCUT2D eigenvalue weighted by molar-refractivity contribution is 7.08. The van der Waals surface area contributed by atoms with E-state index in [1.807, 2.05) is 41.8 Å². The third-order valence-electron chi connectivity index (χ3n) is 5.05. The Kier molecular flexibility index (Phi) is 4.48. The summed E-state index contributed by atoms with van der Waals surface area (Å²) in [5.41, 5.74) is 3.97. The van der Waals surface area contributed by atoms with Crippen molar-refractivity contribution >= 4 is 28.1 Å². The van der Waals surface area contributed by atoms with Gasteiger partial charge in [-0.3, -0.25) is 9.78 Å². The van der Waals surface area contributed by atoms with Gasteiger partial charge in [0.25, 0.3) is 5.91 Å². The maximum Gasteiger partial charge on any atom is 0.252 e. The second-order valence-corrected chi connectivity index (χ2v) is 7.81. The fourth-order valence-electron chi connectivity index (χ4n) is 3.60. The highest BCUT2D eigenvalue weighted by Gasteiger charge is 2.27. The van der Waals surface area contributed by atoms with E-state index in [4.69, 9.17) is 4.74 Å². The number of aromatic nitrogens is 1. The molecule has 0 saturated heterocycles. The molecule has 6 heteroatoms. The molecule has 1 atom stereocenters. The average Bonchev–Trinajstić information content (AvgIpc) is 3.42. The zero-order chi connectivity index (χ0) is 19.8. The smallest absolute Gasteiger partial charge is 0.252 e. The summed E-state index contributed by atoms with van der Waals surface area (Å²) in [7, 11) is 0. The summed E-state index contributed by atoms with van der Waals surface area (Å²) in [6, 6.07) is 15.1. The van der Waals surface area contributed by atoms with Gasteiger partial charge in [-0.15, -0.1) is 0 Å². The Balaban J connectivity index is 1.35. The first-order valence-corrected chi connectivity index (χ1v) is 10.3. The predicted octanol–water partition coefficient (Wildman–Crippen LogP) is 4.84. The van der Waals surface area contributed by atoms with Gasteiger partial charge in [-0.1, -0.05) is 18.2 Å². The standard InChI is InChI=1S/C23H17FN2O2S/c24-20-10-16(18-7-14-3-1-2-4-21(14)25-11-18)8-17-9-19(28-22(17)20)12-26-23(27)15-5-6-29-13-15/h1-8,10-11,13,19H,9,12H2,(H,26,27). The summed E-state index contributed by atoms with van der Waals surface area (Å²) < 4.78 is 20.5. The number of benzene rings is 2. The lowest BCUT2D eigenvalue weighted by Gasteiger charge is -2.11. The third-order valence-corrected chi connectivity index (χ3v) is 5.73. The molecule has 2 aromatic carbocycles. The van der Waals surface area contributed by atoms with Crippen molar-refractivity contribution < 1.29 is 13.9 Å². The molecule has 29 heavy (non-hydrogen) atoms. The van der Waals surface area contributed by atoms with E-state index in [0.29, 0.717) is 18.5 Å². The van der Waals surface area contributed by atoms with Crippen molar-refractivity contribution in [3.8, 4) is 16.9 Å². The molecule has 3 heterocycles. The summed E-state index contributed by atoms with van der Waals surface area (Å²) in [6.45, 7) is 0.329. The first-order chi connectivity index (χ1) is 14.2. The zero-order valence-electron chi connectivity index (χ0n) is 15.4. The number of hydrogen-bond donors (Lipinski definition) is 1. The Morgan fingerprint density at radius 3 is 2.97 bits per heavy atom. The lowest BCUT2D eigenvalue weighted by Crippen LogP contribution is -2.34. The van der Waals surface area contributed by atoms with Crippen molar-refractivity contribution in [2.45, 2.75) is 12.5 Å². The SMILES string of the molecule is O=C(NCC1Cc2cc(-c3cnc4ccccc4c3)cc(F)c2O1)c1ccsc1. The number of halogens is 1. The molecular formula is C23H17FN2O2S. The van der Waals surface area contributed by atoms with E-state index in [2.05, 4.69) is 10.3 Å². The Labute approximate surface area is 171 Å². The zero-order valence-corrected chi connectivity index (χ0v) is 16.2. The van der Waals surface area contributed by atoms with Crippen molar-refractivity contribution in [3.05, 3.63) is 82.4 Å². The Hall–Kier alpha value is -3.25. The maximum atomic E-state index is 14.7. The molecular weight excluding hydrogens is 387 g/mol. The number of hydrogen-bond acceptors (Lipinski definition) is 4. The monoisotopic (exact) mass is 404 g/mol. The van der Waals surface area contributed by atoms with Crippen LogP contribution in [0.15, 0.2) is 65.5 Å². The highest BCUT2D eigenvalue weighted by atomic mass is 32.1. The number of thiophene rings is 1. The minimum Gasteiger partial charge on any atom is -0.485 e. The fraction of sp³-hybridized carbons (Fsp3) is 0.130. The quantitative estimate of drug-likeness (QED) is 0.530. The molecule has 1 aliphatic rings. The third kappa shape index (κ3) is 3.47. The molecule has 0 radical (unpaired) electrons. The molecule has 0 fully saturated rings. The first-order valence-electron chi connectivity index (χ1n) is 9.32. The van der Waals surface area contributed by atoms with Crippen LogP contribution in [0.1, 0.15) is 15.9 Å². The van der Waals surface area contributed by atoms with E-state index < -0.39 is 5.82 Å². The van der Waals surface area contributed by atoms with Gasteiger partial charge in [0, 0.05) is 40.1 Å². The number of fused-ring (bicyclic) bond motifs is 2. The topological polar surface area (TPSA) is 51.2 Å². The van der Waals surface area contributed by atoms with Gasteiger partial charge in [-0.05, 0) is 41.3 Å². The van der Waals surface area contributed by atoms with Gasteiger partial charge >= 0.3 is 0 Å². The number of nitrogens with zero attached hydrogens (tertiary/aromatic N) is 1. The van der Waals surface area contributed by atoms with Gasteiger partial charge in [0.2, 0.25) is 0 Å². The van der Waals surface area contributed by atoms with E-state index in [0.717, 1.165) is 27.6 Å². The molecule has 1 amide bonds. The molecule has 0 aliphatic carbocycles. The van der Waals surface area contributed by atoms with Gasteiger partial charge in [-0.25, -0.2) is 4.39 Å². The molecule has 4 aromatic rings. The van der Waals surface area contributed by atoms with Crippen molar-refractivity contribution in [2.75, 3.05) is 6.54 Å². The Morgan fingerprint density at radius 1 is 1.21 bits per heavy atom. The normalized spacial score (nSPS) is 15.1. The van der Waals surface area contributed by atoms with Crippen molar-refractivity contribution in [1.82, 2.24) is 10.3 Å². The number of pyridine rings is 1. The Bertz CT molecular complexity index is 1210. The summed E-state index contributed by atoms with van der Waals surface area (Å²) in [5, 5.41) is 7.52. The largest absolute Gasteiger partial charge is 0.485 e. The van der Waals surface area contributed by atoms with Crippen LogP contribution in [0.3, 0.4) is 0 Å². The van der Waals surface area contributed by atoms with Gasteiger partial charge in [0.15, 0.2) is 11.6 Å². The molecule has 1 N–H and O–H groups in total. The van der Waals surface area contributed by atoms with Gasteiger partial charge in [0.1, 0.15) is 6.10 Å². The molecule has 1 aliphatic heterocycles. The summed E-state index contributed by atoms with van der Waals surface area (Å²) in [4.78, 5) is 16.6. The summed E-state index contributed by atoms with van der Waals surface area (Å²) in [6.07, 6.45) is 2.02. The molecule has 0 bridgehead atoms.